The van der Waals surface area contributed by atoms with Gasteiger partial charge < -0.3 is 0 Å². The summed E-state index contributed by atoms with van der Waals surface area (Å²) >= 11 is 0. The monoisotopic (exact) mass is 284 g/mol. The molecule has 22 heavy (non-hydrogen) atoms. The van der Waals surface area contributed by atoms with E-state index in [1.807, 2.05) is 0 Å². The normalized spacial score (nSPS) is 19.8. The molecule has 0 fully saturated rings. The predicted octanol–water partition coefficient (Wildman–Crippen LogP) is 6.05. The minimum atomic E-state index is 1.05. The van der Waals surface area contributed by atoms with Gasteiger partial charge in [0.2, 0.25) is 0 Å². The minimum absolute atomic E-state index is 1.05. The topological polar surface area (TPSA) is 0 Å². The van der Waals surface area contributed by atoms with Gasteiger partial charge in [0.15, 0.2) is 0 Å². The molecule has 0 aliphatic heterocycles. The number of rotatable bonds is 2. The molecule has 0 bridgehead atoms. The maximum Gasteiger partial charge on any atom is -0.0101 e. The maximum atomic E-state index is 3.44. The second-order valence-corrected chi connectivity index (χ2v) is 5.60. The molecule has 0 amide bonds. The first-order valence-electron chi connectivity index (χ1n) is 7.78. The van der Waals surface area contributed by atoms with Crippen LogP contribution in [0.15, 0.2) is 90.2 Å². The van der Waals surface area contributed by atoms with Crippen molar-refractivity contribution in [3.8, 4) is 0 Å². The van der Waals surface area contributed by atoms with Crippen molar-refractivity contribution in [3.05, 3.63) is 101 Å². The van der Waals surface area contributed by atoms with Crippen molar-refractivity contribution in [1.82, 2.24) is 0 Å². The molecule has 0 heteroatoms. The van der Waals surface area contributed by atoms with Crippen LogP contribution in [0.2, 0.25) is 0 Å². The van der Waals surface area contributed by atoms with Gasteiger partial charge in [0.1, 0.15) is 0 Å². The highest BCUT2D eigenvalue weighted by Crippen LogP contribution is 2.25. The highest BCUT2D eigenvalue weighted by Gasteiger charge is 2.04. The van der Waals surface area contributed by atoms with Gasteiger partial charge in [-0.1, -0.05) is 66.7 Å². The Morgan fingerprint density at radius 3 is 2.00 bits per heavy atom. The summed E-state index contributed by atoms with van der Waals surface area (Å²) in [5.74, 6) is 0. The van der Waals surface area contributed by atoms with Gasteiger partial charge in [-0.05, 0) is 59.8 Å². The van der Waals surface area contributed by atoms with Gasteiger partial charge in [-0.3, -0.25) is 0 Å². The highest BCUT2D eigenvalue weighted by molar-refractivity contribution is 5.87. The number of benzene rings is 2. The summed E-state index contributed by atoms with van der Waals surface area (Å²) in [6, 6.07) is 21.1. The molecular weight excluding hydrogens is 264 g/mol. The average Bonchev–Trinajstić information content (AvgIpc) is 2.67. The number of allylic oxidation sites excluding steroid dienone is 5. The lowest BCUT2D eigenvalue weighted by Gasteiger charge is -2.06. The fourth-order valence-electron chi connectivity index (χ4n) is 2.61. The van der Waals surface area contributed by atoms with Gasteiger partial charge in [-0.2, -0.15) is 0 Å². The molecule has 2 aromatic carbocycles. The van der Waals surface area contributed by atoms with Crippen LogP contribution in [0.5, 0.6) is 0 Å². The number of hydrogen-bond acceptors (Lipinski definition) is 0. The van der Waals surface area contributed by atoms with E-state index in [-0.39, 0.29) is 0 Å². The predicted molar refractivity (Wildman–Crippen MR) is 95.3 cm³/mol. The van der Waals surface area contributed by atoms with E-state index in [2.05, 4.69) is 91.5 Å². The molecule has 0 saturated carbocycles. The van der Waals surface area contributed by atoms with Crippen molar-refractivity contribution in [2.75, 3.05) is 0 Å². The molecular formula is C22H20. The summed E-state index contributed by atoms with van der Waals surface area (Å²) in [5.41, 5.74) is 9.72. The van der Waals surface area contributed by atoms with Crippen molar-refractivity contribution >= 4 is 11.1 Å². The molecule has 0 heterocycles. The van der Waals surface area contributed by atoms with E-state index < -0.39 is 0 Å². The third-order valence-corrected chi connectivity index (χ3v) is 3.88. The standard InChI is InChI=1S/C22H20/c1-18-9-8-14-21(19-10-4-2-5-11-19)17-22(16-15-18)20-12-6-3-7-13-20/h2-7,10-14,16-17H,8-9H2,1H3/b21-14-,22-17+. The van der Waals surface area contributed by atoms with Crippen LogP contribution in [0.25, 0.3) is 11.1 Å². The minimum Gasteiger partial charge on any atom is -0.121 e. The van der Waals surface area contributed by atoms with Gasteiger partial charge in [0, 0.05) is 0 Å². The van der Waals surface area contributed by atoms with E-state index >= 15 is 0 Å². The lowest BCUT2D eigenvalue weighted by Crippen LogP contribution is -1.85. The molecule has 1 aliphatic carbocycles. The van der Waals surface area contributed by atoms with Crippen LogP contribution in [0.4, 0.5) is 0 Å². The molecule has 0 aromatic heterocycles. The van der Waals surface area contributed by atoms with Crippen molar-refractivity contribution in [1.29, 1.82) is 0 Å². The smallest absolute Gasteiger partial charge is 0.0101 e. The average molecular weight is 284 g/mol. The Morgan fingerprint density at radius 1 is 0.773 bits per heavy atom. The summed E-state index contributed by atoms with van der Waals surface area (Å²) in [6.07, 6.45) is 8.84. The molecule has 0 N–H and O–H groups in total. The summed E-state index contributed by atoms with van der Waals surface area (Å²) in [6.45, 7) is 2.15. The van der Waals surface area contributed by atoms with Gasteiger partial charge in [0.25, 0.3) is 0 Å². The van der Waals surface area contributed by atoms with Crippen LogP contribution in [-0.4, -0.2) is 0 Å². The molecule has 0 radical (unpaired) electrons. The zero-order chi connectivity index (χ0) is 15.2. The van der Waals surface area contributed by atoms with E-state index in [4.69, 9.17) is 0 Å². The fourth-order valence-corrected chi connectivity index (χ4v) is 2.61. The van der Waals surface area contributed by atoms with Gasteiger partial charge >= 0.3 is 0 Å². The summed E-state index contributed by atoms with van der Waals surface area (Å²) in [7, 11) is 0. The second kappa shape index (κ2) is 6.93. The zero-order valence-corrected chi connectivity index (χ0v) is 12.9. The first-order valence-corrected chi connectivity index (χ1v) is 7.78. The van der Waals surface area contributed by atoms with Crippen LogP contribution in [-0.2, 0) is 0 Å². The van der Waals surface area contributed by atoms with E-state index in [9.17, 15) is 0 Å². The molecule has 2 aromatic rings. The van der Waals surface area contributed by atoms with Gasteiger partial charge in [0.05, 0.1) is 0 Å². The van der Waals surface area contributed by atoms with Crippen molar-refractivity contribution in [2.45, 2.75) is 19.8 Å². The van der Waals surface area contributed by atoms with E-state index in [1.54, 1.807) is 0 Å². The Kier molecular flexibility index (Phi) is 4.53. The fraction of sp³-hybridized carbons (Fsp3) is 0.136. The summed E-state index contributed by atoms with van der Waals surface area (Å²) in [5, 5.41) is 0. The van der Waals surface area contributed by atoms with E-state index in [0.717, 1.165) is 12.8 Å². The van der Waals surface area contributed by atoms with Crippen LogP contribution >= 0.6 is 0 Å². The molecule has 0 unspecified atom stereocenters. The van der Waals surface area contributed by atoms with E-state index in [0.29, 0.717) is 0 Å². The van der Waals surface area contributed by atoms with E-state index in [1.165, 1.54) is 27.8 Å². The lowest BCUT2D eigenvalue weighted by atomic mass is 9.98. The SMILES string of the molecule is CC1=C=C/C(c2ccccc2)=C\C(c2ccccc2)=C\CC1. The van der Waals surface area contributed by atoms with Crippen LogP contribution in [0, 0.1) is 0 Å². The van der Waals surface area contributed by atoms with Gasteiger partial charge in [-0.15, -0.1) is 5.73 Å². The highest BCUT2D eigenvalue weighted by atomic mass is 14.1. The van der Waals surface area contributed by atoms with Gasteiger partial charge in [-0.25, -0.2) is 0 Å². The van der Waals surface area contributed by atoms with Crippen LogP contribution in [0.3, 0.4) is 0 Å². The maximum absolute atomic E-state index is 3.44. The van der Waals surface area contributed by atoms with Crippen molar-refractivity contribution in [3.63, 3.8) is 0 Å². The molecule has 0 nitrogen and oxygen atoms in total. The van der Waals surface area contributed by atoms with Crippen LogP contribution in [0.1, 0.15) is 30.9 Å². The summed E-state index contributed by atoms with van der Waals surface area (Å²) < 4.78 is 0. The molecule has 0 spiro atoms. The molecule has 3 rings (SSSR count). The lowest BCUT2D eigenvalue weighted by molar-refractivity contribution is 0.983. The number of hydrogen-bond donors (Lipinski definition) is 0. The molecule has 0 saturated heterocycles. The third-order valence-electron chi connectivity index (χ3n) is 3.88. The van der Waals surface area contributed by atoms with Crippen molar-refractivity contribution in [2.24, 2.45) is 0 Å². The molecule has 108 valence electrons. The molecule has 1 aliphatic rings. The van der Waals surface area contributed by atoms with Crippen molar-refractivity contribution < 1.29 is 0 Å². The Hall–Kier alpha value is -2.56. The first kappa shape index (κ1) is 14.4. The zero-order valence-electron chi connectivity index (χ0n) is 12.9. The Balaban J connectivity index is 2.10. The Morgan fingerprint density at radius 2 is 1.36 bits per heavy atom. The Labute approximate surface area is 132 Å². The first-order chi connectivity index (χ1) is 10.8. The molecule has 0 atom stereocenters. The second-order valence-electron chi connectivity index (χ2n) is 5.60. The third kappa shape index (κ3) is 3.55. The Bertz CT molecular complexity index is 752. The van der Waals surface area contributed by atoms with Crippen LogP contribution < -0.4 is 0 Å². The largest absolute Gasteiger partial charge is 0.121 e. The summed E-state index contributed by atoms with van der Waals surface area (Å²) in [4.78, 5) is 0. The quantitative estimate of drug-likeness (QED) is 0.589.